The van der Waals surface area contributed by atoms with Gasteiger partial charge in [0.15, 0.2) is 0 Å². The van der Waals surface area contributed by atoms with E-state index in [1.165, 1.54) is 44.8 Å². The van der Waals surface area contributed by atoms with Crippen LogP contribution in [0.2, 0.25) is 0 Å². The largest absolute Gasteiger partial charge is 0.490 e. The molecular formula is C28H32FN5O2. The summed E-state index contributed by atoms with van der Waals surface area (Å²) < 4.78 is 25.0. The number of likely N-dealkylation sites (tertiary alicyclic amines) is 1. The number of nitrogens with zero attached hydrogens (tertiary/aromatic N) is 5. The highest BCUT2D eigenvalue weighted by molar-refractivity contribution is 6.09. The first-order chi connectivity index (χ1) is 17.5. The summed E-state index contributed by atoms with van der Waals surface area (Å²) in [6.07, 6.45) is 10.6. The molecule has 1 fully saturated rings. The van der Waals surface area contributed by atoms with Gasteiger partial charge in [0.1, 0.15) is 18.2 Å². The minimum absolute atomic E-state index is 0.125. The maximum atomic E-state index is 15.5. The second-order valence-corrected chi connectivity index (χ2v) is 10.2. The zero-order chi connectivity index (χ0) is 24.8. The van der Waals surface area contributed by atoms with Crippen LogP contribution in [0.1, 0.15) is 50.8 Å². The van der Waals surface area contributed by atoms with E-state index in [0.717, 1.165) is 30.6 Å². The number of pyridine rings is 2. The molecule has 0 bridgehead atoms. The fourth-order valence-electron chi connectivity index (χ4n) is 5.76. The fourth-order valence-corrected chi connectivity index (χ4v) is 5.76. The molecule has 5 heterocycles. The van der Waals surface area contributed by atoms with Gasteiger partial charge in [0, 0.05) is 30.6 Å². The standard InChI is InChI=1S/C28H32FN5O2/c1-18-17-36-27-24(19-9-10-20(30-15-19)8-4-7-13-33-11-5-3-6-12-33)21(29)14-22-25(27)26-23(16-31-22)32(2)28(35)34(18)26/h9-10,14-16,18H,3-8,11-13,17H2,1-2H3. The average molecular weight is 490 g/mol. The van der Waals surface area contributed by atoms with E-state index in [2.05, 4.69) is 14.9 Å². The number of piperidine rings is 1. The normalized spacial score (nSPS) is 18.1. The summed E-state index contributed by atoms with van der Waals surface area (Å²) in [5.74, 6) is 0.0303. The van der Waals surface area contributed by atoms with Gasteiger partial charge in [0.25, 0.3) is 0 Å². The van der Waals surface area contributed by atoms with Crippen LogP contribution in [0.5, 0.6) is 5.75 Å². The minimum atomic E-state index is -0.403. The Morgan fingerprint density at radius 1 is 1.11 bits per heavy atom. The molecule has 7 nitrogen and oxygen atoms in total. The van der Waals surface area contributed by atoms with E-state index in [1.54, 1.807) is 28.6 Å². The first-order valence-corrected chi connectivity index (χ1v) is 13.1. The van der Waals surface area contributed by atoms with Gasteiger partial charge in [-0.05, 0) is 64.7 Å². The number of aromatic nitrogens is 4. The van der Waals surface area contributed by atoms with Crippen LogP contribution in [0.25, 0.3) is 33.1 Å². The zero-order valence-corrected chi connectivity index (χ0v) is 21.0. The number of ether oxygens (including phenoxy) is 1. The lowest BCUT2D eigenvalue weighted by Crippen LogP contribution is -2.30. The third-order valence-electron chi connectivity index (χ3n) is 7.74. The molecule has 1 aromatic carbocycles. The molecule has 0 radical (unpaired) electrons. The lowest BCUT2D eigenvalue weighted by atomic mass is 10.0. The summed E-state index contributed by atoms with van der Waals surface area (Å²) in [5.41, 5.74) is 3.86. The van der Waals surface area contributed by atoms with Crippen molar-refractivity contribution in [1.82, 2.24) is 24.0 Å². The topological polar surface area (TPSA) is 65.2 Å². The zero-order valence-electron chi connectivity index (χ0n) is 21.0. The van der Waals surface area contributed by atoms with Crippen molar-refractivity contribution in [3.05, 3.63) is 52.6 Å². The highest BCUT2D eigenvalue weighted by Crippen LogP contribution is 2.43. The summed E-state index contributed by atoms with van der Waals surface area (Å²) in [7, 11) is 1.74. The molecule has 36 heavy (non-hydrogen) atoms. The van der Waals surface area contributed by atoms with Crippen LogP contribution in [-0.4, -0.2) is 50.2 Å². The van der Waals surface area contributed by atoms with Crippen molar-refractivity contribution < 1.29 is 9.13 Å². The van der Waals surface area contributed by atoms with Crippen LogP contribution >= 0.6 is 0 Å². The van der Waals surface area contributed by atoms with E-state index in [4.69, 9.17) is 4.74 Å². The van der Waals surface area contributed by atoms with E-state index < -0.39 is 5.82 Å². The lowest BCUT2D eigenvalue weighted by Gasteiger charge is -2.26. The van der Waals surface area contributed by atoms with Crippen LogP contribution in [0.3, 0.4) is 0 Å². The minimum Gasteiger partial charge on any atom is -0.490 e. The molecular weight excluding hydrogens is 457 g/mol. The van der Waals surface area contributed by atoms with Gasteiger partial charge >= 0.3 is 5.69 Å². The predicted octanol–water partition coefficient (Wildman–Crippen LogP) is 4.85. The number of unbranched alkanes of at least 4 members (excludes halogenated alkanes) is 1. The summed E-state index contributed by atoms with van der Waals surface area (Å²) >= 11 is 0. The Kier molecular flexibility index (Phi) is 5.99. The van der Waals surface area contributed by atoms with E-state index in [-0.39, 0.29) is 18.3 Å². The molecule has 1 saturated heterocycles. The summed E-state index contributed by atoms with van der Waals surface area (Å²) in [5, 5.41) is 0.674. The van der Waals surface area contributed by atoms with Crippen molar-refractivity contribution in [2.45, 2.75) is 51.5 Å². The molecule has 188 valence electrons. The van der Waals surface area contributed by atoms with E-state index in [0.29, 0.717) is 33.3 Å². The third kappa shape index (κ3) is 3.88. The molecule has 0 saturated carbocycles. The van der Waals surface area contributed by atoms with Crippen LogP contribution in [0.15, 0.2) is 35.4 Å². The maximum absolute atomic E-state index is 15.5. The number of benzene rings is 1. The molecule has 1 atom stereocenters. The Labute approximate surface area is 209 Å². The van der Waals surface area contributed by atoms with Gasteiger partial charge in [-0.25, -0.2) is 9.18 Å². The fraction of sp³-hybridized carbons (Fsp3) is 0.464. The molecule has 8 heteroatoms. The van der Waals surface area contributed by atoms with Crippen molar-refractivity contribution in [2.75, 3.05) is 26.2 Å². The highest BCUT2D eigenvalue weighted by atomic mass is 19.1. The molecule has 2 aliphatic heterocycles. The molecule has 3 aromatic heterocycles. The molecule has 0 N–H and O–H groups in total. The Hall–Kier alpha value is -3.26. The molecule has 6 rings (SSSR count). The summed E-state index contributed by atoms with van der Waals surface area (Å²) in [6.45, 7) is 5.83. The summed E-state index contributed by atoms with van der Waals surface area (Å²) in [6, 6.07) is 5.16. The Morgan fingerprint density at radius 3 is 2.72 bits per heavy atom. The SMILES string of the molecule is CC1COc2c(-c3ccc(CCCCN4CCCCC4)nc3)c(F)cc3ncc4c(c23)n1c(=O)n4C. The maximum Gasteiger partial charge on any atom is 0.329 e. The number of aryl methyl sites for hydroxylation is 2. The molecule has 0 amide bonds. The molecule has 0 aliphatic carbocycles. The van der Waals surface area contributed by atoms with Gasteiger partial charge in [-0.1, -0.05) is 12.5 Å². The van der Waals surface area contributed by atoms with E-state index in [1.807, 2.05) is 19.1 Å². The number of rotatable bonds is 6. The first kappa shape index (κ1) is 23.2. The summed E-state index contributed by atoms with van der Waals surface area (Å²) in [4.78, 5) is 24.7. The van der Waals surface area contributed by atoms with Crippen molar-refractivity contribution in [3.8, 4) is 16.9 Å². The van der Waals surface area contributed by atoms with E-state index in [9.17, 15) is 4.79 Å². The second kappa shape index (κ2) is 9.32. The first-order valence-electron chi connectivity index (χ1n) is 13.1. The van der Waals surface area contributed by atoms with Gasteiger partial charge in [-0.15, -0.1) is 0 Å². The van der Waals surface area contributed by atoms with Crippen LogP contribution < -0.4 is 10.4 Å². The number of imidazole rings is 1. The number of hydrogen-bond acceptors (Lipinski definition) is 5. The Bertz CT molecular complexity index is 1480. The smallest absolute Gasteiger partial charge is 0.329 e. The van der Waals surface area contributed by atoms with Gasteiger partial charge in [-0.2, -0.15) is 0 Å². The van der Waals surface area contributed by atoms with Crippen molar-refractivity contribution >= 4 is 21.9 Å². The average Bonchev–Trinajstić information content (AvgIpc) is 3.05. The monoisotopic (exact) mass is 489 g/mol. The van der Waals surface area contributed by atoms with Gasteiger partial charge in [0.05, 0.1) is 39.7 Å². The van der Waals surface area contributed by atoms with Crippen molar-refractivity contribution in [2.24, 2.45) is 7.05 Å². The Morgan fingerprint density at radius 2 is 1.94 bits per heavy atom. The molecule has 4 aromatic rings. The Balaban J connectivity index is 1.32. The van der Waals surface area contributed by atoms with Crippen molar-refractivity contribution in [3.63, 3.8) is 0 Å². The number of hydrogen-bond donors (Lipinski definition) is 0. The molecule has 2 aliphatic rings. The lowest BCUT2D eigenvalue weighted by molar-refractivity contribution is 0.225. The van der Waals surface area contributed by atoms with Crippen molar-refractivity contribution in [1.29, 1.82) is 0 Å². The van der Waals surface area contributed by atoms with Gasteiger partial charge < -0.3 is 9.64 Å². The second-order valence-electron chi connectivity index (χ2n) is 10.2. The van der Waals surface area contributed by atoms with Gasteiger partial charge in [0.2, 0.25) is 0 Å². The molecule has 0 spiro atoms. The predicted molar refractivity (Wildman–Crippen MR) is 139 cm³/mol. The number of halogens is 1. The third-order valence-corrected chi connectivity index (χ3v) is 7.74. The van der Waals surface area contributed by atoms with Gasteiger partial charge in [-0.3, -0.25) is 19.1 Å². The molecule has 1 unspecified atom stereocenters. The van der Waals surface area contributed by atoms with Crippen LogP contribution in [-0.2, 0) is 13.5 Å². The van der Waals surface area contributed by atoms with Crippen LogP contribution in [0, 0.1) is 5.82 Å². The van der Waals surface area contributed by atoms with Crippen LogP contribution in [0.4, 0.5) is 4.39 Å². The van der Waals surface area contributed by atoms with E-state index >= 15 is 4.39 Å². The highest BCUT2D eigenvalue weighted by Gasteiger charge is 2.28. The quantitative estimate of drug-likeness (QED) is 0.362.